The molecule has 9 heteroatoms. The molecular formula is C24H21N5O4. The maximum atomic E-state index is 12.7. The van der Waals surface area contributed by atoms with E-state index in [2.05, 4.69) is 20.4 Å². The van der Waals surface area contributed by atoms with Crippen LogP contribution in [-0.4, -0.2) is 35.0 Å². The number of amides is 1. The maximum absolute atomic E-state index is 12.7. The summed E-state index contributed by atoms with van der Waals surface area (Å²) in [5.74, 6) is -1.13. The summed E-state index contributed by atoms with van der Waals surface area (Å²) in [5.41, 5.74) is 4.19. The van der Waals surface area contributed by atoms with E-state index in [1.165, 1.54) is 20.2 Å². The number of nitrogens with one attached hydrogen (secondary N) is 1. The number of benzene rings is 2. The predicted molar refractivity (Wildman–Crippen MR) is 122 cm³/mol. The van der Waals surface area contributed by atoms with Crippen molar-refractivity contribution in [1.29, 1.82) is 5.26 Å². The van der Waals surface area contributed by atoms with Gasteiger partial charge in [-0.3, -0.25) is 9.59 Å². The molecule has 33 heavy (non-hydrogen) atoms. The minimum Gasteiger partial charge on any atom is -0.465 e. The molecule has 0 bridgehead atoms. The quantitative estimate of drug-likeness (QED) is 0.354. The number of aromatic nitrogens is 2. The summed E-state index contributed by atoms with van der Waals surface area (Å²) >= 11 is 0. The maximum Gasteiger partial charge on any atom is 0.337 e. The van der Waals surface area contributed by atoms with Crippen molar-refractivity contribution in [3.05, 3.63) is 92.4 Å². The first-order valence-corrected chi connectivity index (χ1v) is 10.0. The summed E-state index contributed by atoms with van der Waals surface area (Å²) in [5, 5.41) is 17.6. The lowest BCUT2D eigenvalue weighted by Gasteiger charge is -2.11. The molecule has 2 aromatic carbocycles. The summed E-state index contributed by atoms with van der Waals surface area (Å²) in [4.78, 5) is 36.9. The molecule has 0 spiro atoms. The van der Waals surface area contributed by atoms with Gasteiger partial charge < -0.3 is 4.74 Å². The Morgan fingerprint density at radius 2 is 1.85 bits per heavy atom. The van der Waals surface area contributed by atoms with Crippen LogP contribution < -0.4 is 11.0 Å². The van der Waals surface area contributed by atoms with Crippen molar-refractivity contribution in [2.45, 2.75) is 20.3 Å². The Morgan fingerprint density at radius 3 is 2.42 bits per heavy atom. The predicted octanol–water partition coefficient (Wildman–Crippen LogP) is 2.53. The number of carbonyl (C=O) groups is 2. The highest BCUT2D eigenvalue weighted by Crippen LogP contribution is 2.12. The molecule has 0 fully saturated rings. The zero-order valence-corrected chi connectivity index (χ0v) is 18.3. The van der Waals surface area contributed by atoms with E-state index in [-0.39, 0.29) is 16.8 Å². The highest BCUT2D eigenvalue weighted by atomic mass is 16.5. The molecule has 0 saturated carbocycles. The molecule has 0 unspecified atom stereocenters. The Hall–Kier alpha value is -4.58. The number of hydrogen-bond acceptors (Lipinski definition) is 7. The molecule has 0 aliphatic rings. The van der Waals surface area contributed by atoms with Crippen molar-refractivity contribution in [1.82, 2.24) is 15.2 Å². The van der Waals surface area contributed by atoms with Gasteiger partial charge in [0, 0.05) is 5.56 Å². The monoisotopic (exact) mass is 443 g/mol. The molecule has 9 nitrogen and oxygen atoms in total. The highest BCUT2D eigenvalue weighted by Gasteiger charge is 2.20. The number of carbonyl (C=O) groups excluding carboxylic acids is 2. The molecule has 0 radical (unpaired) electrons. The van der Waals surface area contributed by atoms with E-state index in [4.69, 9.17) is 0 Å². The van der Waals surface area contributed by atoms with E-state index in [0.717, 1.165) is 16.7 Å². The molecule has 1 aromatic heterocycles. The van der Waals surface area contributed by atoms with Crippen LogP contribution in [0.25, 0.3) is 5.69 Å². The van der Waals surface area contributed by atoms with Crippen LogP contribution in [-0.2, 0) is 11.2 Å². The number of methoxy groups -OCH3 is 1. The number of ether oxygens (including phenoxy) is 1. The van der Waals surface area contributed by atoms with Gasteiger partial charge in [0.1, 0.15) is 11.6 Å². The van der Waals surface area contributed by atoms with Gasteiger partial charge in [0.25, 0.3) is 11.5 Å². The Kier molecular flexibility index (Phi) is 7.10. The minimum atomic E-state index is -0.676. The van der Waals surface area contributed by atoms with E-state index in [1.807, 2.05) is 25.1 Å². The molecule has 0 atom stereocenters. The largest absolute Gasteiger partial charge is 0.465 e. The van der Waals surface area contributed by atoms with Crippen LogP contribution in [0.1, 0.15) is 50.0 Å². The van der Waals surface area contributed by atoms with Crippen molar-refractivity contribution in [2.24, 2.45) is 5.10 Å². The van der Waals surface area contributed by atoms with Crippen LogP contribution in [0.15, 0.2) is 58.4 Å². The van der Waals surface area contributed by atoms with Gasteiger partial charge in [-0.05, 0) is 48.7 Å². The molecule has 1 heterocycles. The SMILES string of the molecule is CCc1ccc(-n2nc(C(=O)N/N=C/c3ccc(C(=O)OC)cc3)c(C)c(C#N)c2=O)cc1. The standard InChI is InChI=1S/C24H21N5O4/c1-4-16-7-11-19(12-8-16)29-23(31)20(13-25)15(2)21(28-29)22(30)27-26-14-17-5-9-18(10-6-17)24(32)33-3/h5-12,14H,4H2,1-3H3,(H,27,30)/b26-14+. The Labute approximate surface area is 189 Å². The van der Waals surface area contributed by atoms with Crippen LogP contribution in [0.4, 0.5) is 0 Å². The number of nitriles is 1. The van der Waals surface area contributed by atoms with Crippen molar-refractivity contribution >= 4 is 18.1 Å². The van der Waals surface area contributed by atoms with Crippen LogP contribution in [0.2, 0.25) is 0 Å². The lowest BCUT2D eigenvalue weighted by molar-refractivity contribution is 0.0600. The fourth-order valence-corrected chi connectivity index (χ4v) is 3.04. The van der Waals surface area contributed by atoms with Crippen molar-refractivity contribution in [3.63, 3.8) is 0 Å². The molecule has 0 aliphatic heterocycles. The van der Waals surface area contributed by atoms with E-state index < -0.39 is 17.4 Å². The van der Waals surface area contributed by atoms with Gasteiger partial charge in [-0.2, -0.15) is 20.1 Å². The number of aryl methyl sites for hydroxylation is 1. The average Bonchev–Trinajstić information content (AvgIpc) is 2.84. The zero-order chi connectivity index (χ0) is 24.0. The van der Waals surface area contributed by atoms with E-state index in [9.17, 15) is 19.6 Å². The number of nitrogens with zero attached hydrogens (tertiary/aromatic N) is 4. The molecule has 0 saturated heterocycles. The van der Waals surface area contributed by atoms with Crippen molar-refractivity contribution < 1.29 is 14.3 Å². The van der Waals surface area contributed by atoms with Gasteiger partial charge in [-0.25, -0.2) is 10.2 Å². The van der Waals surface area contributed by atoms with Crippen LogP contribution in [0.5, 0.6) is 0 Å². The van der Waals surface area contributed by atoms with Crippen LogP contribution in [0.3, 0.4) is 0 Å². The molecule has 0 aliphatic carbocycles. The second-order valence-electron chi connectivity index (χ2n) is 7.01. The normalized spacial score (nSPS) is 10.6. The lowest BCUT2D eigenvalue weighted by Crippen LogP contribution is -2.31. The number of rotatable bonds is 6. The third-order valence-electron chi connectivity index (χ3n) is 4.96. The number of hydrogen-bond donors (Lipinski definition) is 1. The number of hydrazone groups is 1. The molecular weight excluding hydrogens is 422 g/mol. The summed E-state index contributed by atoms with van der Waals surface area (Å²) in [6.07, 6.45) is 2.22. The molecule has 3 rings (SSSR count). The fraction of sp³-hybridized carbons (Fsp3) is 0.167. The van der Waals surface area contributed by atoms with E-state index in [1.54, 1.807) is 36.4 Å². The molecule has 1 amide bonds. The Balaban J connectivity index is 1.87. The van der Waals surface area contributed by atoms with Gasteiger partial charge in [0.2, 0.25) is 0 Å². The minimum absolute atomic E-state index is 0.0936. The first-order valence-electron chi connectivity index (χ1n) is 10.0. The summed E-state index contributed by atoms with van der Waals surface area (Å²) < 4.78 is 5.68. The molecule has 3 aromatic rings. The smallest absolute Gasteiger partial charge is 0.337 e. The third-order valence-corrected chi connectivity index (χ3v) is 4.96. The summed E-state index contributed by atoms with van der Waals surface area (Å²) in [6.45, 7) is 3.50. The first-order chi connectivity index (χ1) is 15.9. The van der Waals surface area contributed by atoms with Gasteiger partial charge in [-0.15, -0.1) is 0 Å². The lowest BCUT2D eigenvalue weighted by atomic mass is 10.1. The Morgan fingerprint density at radius 1 is 1.18 bits per heavy atom. The second kappa shape index (κ2) is 10.2. The number of esters is 1. The van der Waals surface area contributed by atoms with Crippen molar-refractivity contribution in [3.8, 4) is 11.8 Å². The fourth-order valence-electron chi connectivity index (χ4n) is 3.04. The van der Waals surface area contributed by atoms with E-state index in [0.29, 0.717) is 16.8 Å². The van der Waals surface area contributed by atoms with Crippen LogP contribution in [0, 0.1) is 18.3 Å². The van der Waals surface area contributed by atoms with Crippen molar-refractivity contribution in [2.75, 3.05) is 7.11 Å². The second-order valence-corrected chi connectivity index (χ2v) is 7.01. The Bertz CT molecular complexity index is 1320. The third kappa shape index (κ3) is 5.02. The molecule has 166 valence electrons. The molecule has 1 N–H and O–H groups in total. The summed E-state index contributed by atoms with van der Waals surface area (Å²) in [7, 11) is 1.30. The van der Waals surface area contributed by atoms with Gasteiger partial charge >= 0.3 is 5.97 Å². The van der Waals surface area contributed by atoms with Gasteiger partial charge in [0.15, 0.2) is 5.69 Å². The highest BCUT2D eigenvalue weighted by molar-refractivity contribution is 5.95. The summed E-state index contributed by atoms with van der Waals surface area (Å²) in [6, 6.07) is 15.4. The van der Waals surface area contributed by atoms with E-state index >= 15 is 0 Å². The van der Waals surface area contributed by atoms with Crippen LogP contribution >= 0.6 is 0 Å². The zero-order valence-electron chi connectivity index (χ0n) is 18.3. The first kappa shape index (κ1) is 23.1. The average molecular weight is 443 g/mol. The van der Waals surface area contributed by atoms with Gasteiger partial charge in [-0.1, -0.05) is 31.2 Å². The topological polar surface area (TPSA) is 126 Å². The van der Waals surface area contributed by atoms with Gasteiger partial charge in [0.05, 0.1) is 24.6 Å².